The number of hydrogen-bond donors (Lipinski definition) is 1. The van der Waals surface area contributed by atoms with Crippen LogP contribution in [-0.2, 0) is 6.54 Å². The average molecular weight is 470 g/mol. The van der Waals surface area contributed by atoms with E-state index in [1.165, 1.54) is 23.1 Å². The zero-order chi connectivity index (χ0) is 22.7. The fraction of sp³-hybridized carbons (Fsp3) is 0.440. The molecule has 0 atom stereocenters. The predicted octanol–water partition coefficient (Wildman–Crippen LogP) is 4.77. The molecule has 1 amide bonds. The van der Waals surface area contributed by atoms with Crippen LogP contribution in [0.4, 0.5) is 0 Å². The maximum Gasteiger partial charge on any atom is 0.295 e. The van der Waals surface area contributed by atoms with Gasteiger partial charge in [0.15, 0.2) is 0 Å². The van der Waals surface area contributed by atoms with E-state index in [4.69, 9.17) is 4.52 Å². The summed E-state index contributed by atoms with van der Waals surface area (Å²) >= 11 is 0. The van der Waals surface area contributed by atoms with Gasteiger partial charge in [0.25, 0.3) is 11.7 Å². The fourth-order valence-corrected chi connectivity index (χ4v) is 4.34. The third kappa shape index (κ3) is 5.60. The zero-order valence-electron chi connectivity index (χ0n) is 19.7. The lowest BCUT2D eigenvalue weighted by molar-refractivity contribution is 0.0542. The quantitative estimate of drug-likeness (QED) is 0.579. The van der Waals surface area contributed by atoms with Crippen molar-refractivity contribution in [3.8, 4) is 11.1 Å². The van der Waals surface area contributed by atoms with Gasteiger partial charge >= 0.3 is 0 Å². The van der Waals surface area contributed by atoms with Crippen molar-refractivity contribution in [3.63, 3.8) is 0 Å². The second kappa shape index (κ2) is 10.4. The van der Waals surface area contributed by atoms with Gasteiger partial charge in [-0.25, -0.2) is 0 Å². The first-order valence-corrected chi connectivity index (χ1v) is 11.2. The van der Waals surface area contributed by atoms with Gasteiger partial charge in [-0.3, -0.25) is 9.78 Å². The first kappa shape index (κ1) is 24.9. The monoisotopic (exact) mass is 469 g/mol. The van der Waals surface area contributed by atoms with Crippen molar-refractivity contribution in [3.05, 3.63) is 65.6 Å². The summed E-state index contributed by atoms with van der Waals surface area (Å²) in [5.74, 6) is 0.374. The molecule has 1 aromatic carbocycles. The van der Waals surface area contributed by atoms with Gasteiger partial charge in [0.05, 0.1) is 0 Å². The molecule has 33 heavy (non-hydrogen) atoms. The van der Waals surface area contributed by atoms with E-state index in [2.05, 4.69) is 51.6 Å². The van der Waals surface area contributed by atoms with Gasteiger partial charge < -0.3 is 14.7 Å². The van der Waals surface area contributed by atoms with Crippen molar-refractivity contribution in [1.82, 2.24) is 25.3 Å². The lowest BCUT2D eigenvalue weighted by atomic mass is 9.85. The molecule has 8 heteroatoms. The van der Waals surface area contributed by atoms with E-state index in [0.29, 0.717) is 12.5 Å². The minimum absolute atomic E-state index is 0. The number of aromatic nitrogens is 3. The molecule has 0 radical (unpaired) electrons. The number of piperidine rings is 1. The number of nitrogens with zero attached hydrogens (tertiary/aromatic N) is 4. The molecule has 1 N–H and O–H groups in total. The Balaban J connectivity index is 0.00000306. The first-order chi connectivity index (χ1) is 15.3. The number of halogens is 1. The van der Waals surface area contributed by atoms with Gasteiger partial charge in [0.1, 0.15) is 0 Å². The Hall–Kier alpha value is -2.77. The van der Waals surface area contributed by atoms with E-state index in [0.717, 1.165) is 37.1 Å². The molecule has 4 rings (SSSR count). The molecule has 7 nitrogen and oxygen atoms in total. The van der Waals surface area contributed by atoms with Gasteiger partial charge in [-0.05, 0) is 93.4 Å². The minimum Gasteiger partial charge on any atom is -0.342 e. The molecule has 2 aromatic heterocycles. The molecule has 176 valence electrons. The van der Waals surface area contributed by atoms with Crippen LogP contribution in [0, 0.1) is 6.92 Å². The number of carbonyl (C=O) groups is 1. The number of pyridine rings is 1. The van der Waals surface area contributed by atoms with Crippen molar-refractivity contribution < 1.29 is 9.32 Å². The second-order valence-electron chi connectivity index (χ2n) is 9.45. The number of amides is 1. The topological polar surface area (TPSA) is 84.2 Å². The Morgan fingerprint density at radius 2 is 1.97 bits per heavy atom. The third-order valence-electron chi connectivity index (χ3n) is 6.22. The largest absolute Gasteiger partial charge is 0.342 e. The summed E-state index contributed by atoms with van der Waals surface area (Å²) in [6.07, 6.45) is 7.35. The minimum atomic E-state index is -0.393. The lowest BCUT2D eigenvalue weighted by Gasteiger charge is -2.35. The van der Waals surface area contributed by atoms with Gasteiger partial charge in [0.2, 0.25) is 6.39 Å². The van der Waals surface area contributed by atoms with Crippen LogP contribution < -0.4 is 5.32 Å². The molecule has 3 heterocycles. The SMILES string of the molecule is Cc1cc(-c2ccncc2C2CCNCC2)ccc1CN(C(=O)c1ncon1)C(C)(C)C.Cl. The van der Waals surface area contributed by atoms with Crippen LogP contribution in [0.2, 0.25) is 0 Å². The van der Waals surface area contributed by atoms with Gasteiger partial charge in [-0.15, -0.1) is 12.4 Å². The Morgan fingerprint density at radius 3 is 2.61 bits per heavy atom. The van der Waals surface area contributed by atoms with Crippen LogP contribution in [0.15, 0.2) is 47.6 Å². The number of carbonyl (C=O) groups excluding carboxylic acids is 1. The average Bonchev–Trinajstić information content (AvgIpc) is 3.33. The summed E-state index contributed by atoms with van der Waals surface area (Å²) in [7, 11) is 0. The lowest BCUT2D eigenvalue weighted by Crippen LogP contribution is -2.45. The molecular formula is C25H32ClN5O2. The molecular weight excluding hydrogens is 438 g/mol. The molecule has 0 unspecified atom stereocenters. The van der Waals surface area contributed by atoms with Crippen LogP contribution in [0.5, 0.6) is 0 Å². The smallest absolute Gasteiger partial charge is 0.295 e. The number of benzene rings is 1. The highest BCUT2D eigenvalue weighted by Crippen LogP contribution is 2.34. The van der Waals surface area contributed by atoms with Gasteiger partial charge in [0, 0.05) is 24.5 Å². The molecule has 0 bridgehead atoms. The Morgan fingerprint density at radius 1 is 1.21 bits per heavy atom. The molecule has 0 saturated carbocycles. The van der Waals surface area contributed by atoms with Gasteiger partial charge in [-0.2, -0.15) is 4.98 Å². The first-order valence-electron chi connectivity index (χ1n) is 11.2. The van der Waals surface area contributed by atoms with Crippen molar-refractivity contribution >= 4 is 18.3 Å². The maximum atomic E-state index is 13.0. The summed E-state index contributed by atoms with van der Waals surface area (Å²) in [6.45, 7) is 10.7. The summed E-state index contributed by atoms with van der Waals surface area (Å²) in [5.41, 5.74) is 5.61. The third-order valence-corrected chi connectivity index (χ3v) is 6.22. The zero-order valence-corrected chi connectivity index (χ0v) is 20.5. The molecule has 1 aliphatic rings. The summed E-state index contributed by atoms with van der Waals surface area (Å²) < 4.78 is 4.78. The fourth-order valence-electron chi connectivity index (χ4n) is 4.34. The summed E-state index contributed by atoms with van der Waals surface area (Å²) in [6, 6.07) is 8.61. The number of nitrogens with one attached hydrogen (secondary N) is 1. The van der Waals surface area contributed by atoms with Crippen LogP contribution >= 0.6 is 12.4 Å². The predicted molar refractivity (Wildman–Crippen MR) is 130 cm³/mol. The standard InChI is InChI=1S/C25H31N5O2.ClH/c1-17-13-19(21-9-12-27-14-22(21)18-7-10-26-11-8-18)5-6-20(17)15-30(25(2,3)4)24(31)23-28-16-32-29-23;/h5-6,9,12-14,16,18,26H,7-8,10-11,15H2,1-4H3;1H. The van der Waals surface area contributed by atoms with E-state index in [1.807, 2.05) is 33.2 Å². The molecule has 3 aromatic rings. The van der Waals surface area contributed by atoms with E-state index < -0.39 is 5.54 Å². The van der Waals surface area contributed by atoms with E-state index in [9.17, 15) is 4.79 Å². The Bertz CT molecular complexity index is 1070. The Labute approximate surface area is 201 Å². The summed E-state index contributed by atoms with van der Waals surface area (Å²) in [5, 5.41) is 7.18. The van der Waals surface area contributed by atoms with Crippen molar-refractivity contribution in [2.24, 2.45) is 0 Å². The highest BCUT2D eigenvalue weighted by Gasteiger charge is 2.30. The number of hydrogen-bond acceptors (Lipinski definition) is 6. The molecule has 0 aliphatic carbocycles. The highest BCUT2D eigenvalue weighted by molar-refractivity contribution is 5.90. The van der Waals surface area contributed by atoms with Crippen molar-refractivity contribution in [2.45, 2.75) is 58.5 Å². The summed E-state index contributed by atoms with van der Waals surface area (Å²) in [4.78, 5) is 23.1. The highest BCUT2D eigenvalue weighted by atomic mass is 35.5. The normalized spacial score (nSPS) is 14.5. The van der Waals surface area contributed by atoms with E-state index in [1.54, 1.807) is 4.90 Å². The maximum absolute atomic E-state index is 13.0. The van der Waals surface area contributed by atoms with E-state index >= 15 is 0 Å². The van der Waals surface area contributed by atoms with Gasteiger partial charge in [-0.1, -0.05) is 23.4 Å². The van der Waals surface area contributed by atoms with Crippen LogP contribution in [0.25, 0.3) is 11.1 Å². The van der Waals surface area contributed by atoms with Crippen LogP contribution in [0.3, 0.4) is 0 Å². The molecule has 1 saturated heterocycles. The van der Waals surface area contributed by atoms with Crippen molar-refractivity contribution in [1.29, 1.82) is 0 Å². The number of aryl methyl sites for hydroxylation is 1. The van der Waals surface area contributed by atoms with E-state index in [-0.39, 0.29) is 24.1 Å². The van der Waals surface area contributed by atoms with Crippen LogP contribution in [0.1, 0.15) is 66.8 Å². The Kier molecular flexibility index (Phi) is 7.87. The molecule has 1 fully saturated rings. The molecule has 0 spiro atoms. The van der Waals surface area contributed by atoms with Crippen molar-refractivity contribution in [2.75, 3.05) is 13.1 Å². The molecule has 1 aliphatic heterocycles. The van der Waals surface area contributed by atoms with Crippen LogP contribution in [-0.4, -0.2) is 44.6 Å². The second-order valence-corrected chi connectivity index (χ2v) is 9.45. The number of rotatable bonds is 5.